The first-order valence-electron chi connectivity index (χ1n) is 5.25. The monoisotopic (exact) mass is 218 g/mol. The van der Waals surface area contributed by atoms with E-state index in [0.717, 1.165) is 0 Å². The van der Waals surface area contributed by atoms with Gasteiger partial charge >= 0.3 is 7.12 Å². The molecule has 1 saturated heterocycles. The van der Waals surface area contributed by atoms with Crippen LogP contribution < -0.4 is 0 Å². The predicted octanol–water partition coefficient (Wildman–Crippen LogP) is 2.88. The largest absolute Gasteiger partial charge is 0.470 e. The number of halogens is 2. The van der Waals surface area contributed by atoms with Gasteiger partial charge in [-0.2, -0.15) is 0 Å². The average molecular weight is 218 g/mol. The Morgan fingerprint density at radius 3 is 1.53 bits per heavy atom. The molecular formula is C10H17BF2O2. The summed E-state index contributed by atoms with van der Waals surface area (Å²) in [6.45, 7) is 9.01. The minimum Gasteiger partial charge on any atom is -0.403 e. The molecule has 0 spiro atoms. The maximum Gasteiger partial charge on any atom is 0.470 e. The molecule has 15 heavy (non-hydrogen) atoms. The lowest BCUT2D eigenvalue weighted by atomic mass is 9.69. The Kier molecular flexibility index (Phi) is 1.94. The van der Waals surface area contributed by atoms with Gasteiger partial charge in [0.1, 0.15) is 0 Å². The molecule has 0 amide bonds. The Hall–Kier alpha value is -0.155. The Morgan fingerprint density at radius 1 is 0.933 bits per heavy atom. The predicted molar refractivity (Wildman–Crippen MR) is 54.0 cm³/mol. The van der Waals surface area contributed by atoms with Crippen molar-refractivity contribution < 1.29 is 18.1 Å². The van der Waals surface area contributed by atoms with E-state index < -0.39 is 29.6 Å². The van der Waals surface area contributed by atoms with Crippen LogP contribution in [-0.4, -0.2) is 24.2 Å². The van der Waals surface area contributed by atoms with E-state index in [9.17, 15) is 8.78 Å². The zero-order valence-corrected chi connectivity index (χ0v) is 9.86. The second-order valence-corrected chi connectivity index (χ2v) is 5.89. The molecule has 1 unspecified atom stereocenters. The Morgan fingerprint density at radius 2 is 1.27 bits per heavy atom. The van der Waals surface area contributed by atoms with Crippen LogP contribution in [0, 0.1) is 0 Å². The third-order valence-electron chi connectivity index (χ3n) is 4.07. The van der Waals surface area contributed by atoms with Crippen molar-refractivity contribution in [2.45, 2.75) is 63.5 Å². The smallest absolute Gasteiger partial charge is 0.403 e. The summed E-state index contributed by atoms with van der Waals surface area (Å²) < 4.78 is 37.6. The molecule has 0 radical (unpaired) electrons. The van der Waals surface area contributed by atoms with Gasteiger partial charge in [-0.15, -0.1) is 0 Å². The maximum absolute atomic E-state index is 13.2. The van der Waals surface area contributed by atoms with Gasteiger partial charge in [-0.25, -0.2) is 8.78 Å². The van der Waals surface area contributed by atoms with Crippen molar-refractivity contribution in [1.82, 2.24) is 0 Å². The van der Waals surface area contributed by atoms with Gasteiger partial charge in [-0.1, -0.05) is 6.92 Å². The topological polar surface area (TPSA) is 18.5 Å². The van der Waals surface area contributed by atoms with Gasteiger partial charge in [0.2, 0.25) is 0 Å². The summed E-state index contributed by atoms with van der Waals surface area (Å²) in [4.78, 5) is 0. The lowest BCUT2D eigenvalue weighted by Crippen LogP contribution is -2.41. The highest BCUT2D eigenvalue weighted by Crippen LogP contribution is 2.70. The Bertz CT molecular complexity index is 288. The van der Waals surface area contributed by atoms with Gasteiger partial charge in [0, 0.05) is 6.42 Å². The molecule has 5 heteroatoms. The lowest BCUT2D eigenvalue weighted by molar-refractivity contribution is 0.00578. The molecule has 1 saturated carbocycles. The fraction of sp³-hybridized carbons (Fsp3) is 1.00. The number of hydrogen-bond donors (Lipinski definition) is 0. The number of alkyl halides is 2. The van der Waals surface area contributed by atoms with Crippen molar-refractivity contribution in [3.8, 4) is 0 Å². The molecule has 0 aromatic rings. The minimum atomic E-state index is -2.64. The van der Waals surface area contributed by atoms with Crippen LogP contribution in [-0.2, 0) is 9.31 Å². The standard InChI is InChI=1S/C10H17BF2O2/c1-7(2)8(3,4)15-11(14-7)9(5)6-10(9,12)13/h6H2,1-5H3. The van der Waals surface area contributed by atoms with Gasteiger partial charge < -0.3 is 9.31 Å². The van der Waals surface area contributed by atoms with Crippen LogP contribution in [0.15, 0.2) is 0 Å². The molecule has 1 aliphatic carbocycles. The fourth-order valence-electron chi connectivity index (χ4n) is 1.78. The van der Waals surface area contributed by atoms with Crippen LogP contribution in [0.4, 0.5) is 8.78 Å². The van der Waals surface area contributed by atoms with Gasteiger partial charge in [0.05, 0.1) is 16.5 Å². The first kappa shape index (κ1) is 11.3. The van der Waals surface area contributed by atoms with Gasteiger partial charge in [0.15, 0.2) is 0 Å². The molecule has 0 aromatic carbocycles. The minimum absolute atomic E-state index is 0.142. The van der Waals surface area contributed by atoms with Crippen molar-refractivity contribution in [2.75, 3.05) is 0 Å². The summed E-state index contributed by atoms with van der Waals surface area (Å²) in [5, 5.41) is -1.14. The van der Waals surface area contributed by atoms with Crippen LogP contribution in [0.1, 0.15) is 41.0 Å². The van der Waals surface area contributed by atoms with Crippen LogP contribution in [0.25, 0.3) is 0 Å². The van der Waals surface area contributed by atoms with Crippen molar-refractivity contribution in [3.63, 3.8) is 0 Å². The SMILES string of the molecule is CC1(C)OB(C2(C)CC2(F)F)OC1(C)C. The number of rotatable bonds is 1. The molecule has 2 nitrogen and oxygen atoms in total. The summed E-state index contributed by atoms with van der Waals surface area (Å²) in [6.07, 6.45) is -0.142. The molecule has 2 rings (SSSR count). The van der Waals surface area contributed by atoms with E-state index in [0.29, 0.717) is 0 Å². The lowest BCUT2D eigenvalue weighted by Gasteiger charge is -2.32. The molecular weight excluding hydrogens is 201 g/mol. The normalized spacial score (nSPS) is 40.6. The highest BCUT2D eigenvalue weighted by molar-refractivity contribution is 6.51. The van der Waals surface area contributed by atoms with Crippen LogP contribution in [0.5, 0.6) is 0 Å². The zero-order valence-electron chi connectivity index (χ0n) is 9.86. The van der Waals surface area contributed by atoms with E-state index in [2.05, 4.69) is 0 Å². The summed E-state index contributed by atoms with van der Waals surface area (Å²) >= 11 is 0. The fourth-order valence-corrected chi connectivity index (χ4v) is 1.78. The Labute approximate surface area is 89.5 Å². The maximum atomic E-state index is 13.2. The third-order valence-corrected chi connectivity index (χ3v) is 4.07. The highest BCUT2D eigenvalue weighted by atomic mass is 19.3. The van der Waals surface area contributed by atoms with E-state index in [-0.39, 0.29) is 6.42 Å². The second-order valence-electron chi connectivity index (χ2n) is 5.89. The summed E-state index contributed by atoms with van der Waals surface area (Å²) in [7, 11) is -0.794. The van der Waals surface area contributed by atoms with Gasteiger partial charge in [0.25, 0.3) is 5.92 Å². The molecule has 0 N–H and O–H groups in total. The van der Waals surface area contributed by atoms with Crippen LogP contribution in [0.3, 0.4) is 0 Å². The molecule has 1 aliphatic heterocycles. The molecule has 2 aliphatic rings. The molecule has 86 valence electrons. The molecule has 0 aromatic heterocycles. The quantitative estimate of drug-likeness (QED) is 0.630. The average Bonchev–Trinajstić information content (AvgIpc) is 2.39. The van der Waals surface area contributed by atoms with E-state index in [1.165, 1.54) is 6.92 Å². The molecule has 2 fully saturated rings. The Balaban J connectivity index is 2.18. The van der Waals surface area contributed by atoms with Gasteiger partial charge in [-0.05, 0) is 27.7 Å². The number of hydrogen-bond acceptors (Lipinski definition) is 2. The van der Waals surface area contributed by atoms with Crippen molar-refractivity contribution in [1.29, 1.82) is 0 Å². The first-order valence-corrected chi connectivity index (χ1v) is 5.25. The summed E-state index contributed by atoms with van der Waals surface area (Å²) in [5.41, 5.74) is -1.06. The van der Waals surface area contributed by atoms with E-state index in [4.69, 9.17) is 9.31 Å². The zero-order chi connectivity index (χ0) is 11.7. The van der Waals surface area contributed by atoms with E-state index in [1.807, 2.05) is 27.7 Å². The van der Waals surface area contributed by atoms with Crippen molar-refractivity contribution in [3.05, 3.63) is 0 Å². The van der Waals surface area contributed by atoms with E-state index >= 15 is 0 Å². The van der Waals surface area contributed by atoms with E-state index in [1.54, 1.807) is 0 Å². The molecule has 1 heterocycles. The molecule has 0 bridgehead atoms. The summed E-state index contributed by atoms with van der Waals surface area (Å²) in [6, 6.07) is 0. The van der Waals surface area contributed by atoms with Gasteiger partial charge in [-0.3, -0.25) is 0 Å². The van der Waals surface area contributed by atoms with Crippen LogP contribution in [0.2, 0.25) is 5.31 Å². The third kappa shape index (κ3) is 1.36. The summed E-state index contributed by atoms with van der Waals surface area (Å²) in [5.74, 6) is -2.64. The first-order chi connectivity index (χ1) is 6.52. The molecule has 1 atom stereocenters. The second kappa shape index (κ2) is 2.56. The van der Waals surface area contributed by atoms with Crippen LogP contribution >= 0.6 is 0 Å². The van der Waals surface area contributed by atoms with Crippen molar-refractivity contribution >= 4 is 7.12 Å². The van der Waals surface area contributed by atoms with Crippen molar-refractivity contribution in [2.24, 2.45) is 0 Å². The highest BCUT2D eigenvalue weighted by Gasteiger charge is 2.78.